The van der Waals surface area contributed by atoms with Gasteiger partial charge in [0.25, 0.3) is 5.91 Å². The molecule has 1 aliphatic heterocycles. The molecule has 23 heavy (non-hydrogen) atoms. The number of rotatable bonds is 4. The van der Waals surface area contributed by atoms with E-state index in [0.29, 0.717) is 12.0 Å². The molecule has 1 atom stereocenters. The summed E-state index contributed by atoms with van der Waals surface area (Å²) in [5.74, 6) is -1.46. The van der Waals surface area contributed by atoms with Crippen molar-refractivity contribution in [1.82, 2.24) is 4.90 Å². The number of hydrogen-bond acceptors (Lipinski definition) is 6. The highest BCUT2D eigenvalue weighted by Crippen LogP contribution is 2.22. The number of para-hydroxylation sites is 1. The number of aryl methyl sites for hydroxylation is 1. The van der Waals surface area contributed by atoms with Gasteiger partial charge in [0.1, 0.15) is 11.3 Å². The van der Waals surface area contributed by atoms with Crippen molar-refractivity contribution in [2.75, 3.05) is 25.2 Å². The van der Waals surface area contributed by atoms with Gasteiger partial charge in [0.2, 0.25) is 0 Å². The fourth-order valence-corrected chi connectivity index (χ4v) is 4.19. The Hall–Kier alpha value is -2.09. The maximum absolute atomic E-state index is 12.0. The number of likely N-dealkylation sites (N-methyl/N-ethyl adjacent to an activating group) is 1. The van der Waals surface area contributed by atoms with Crippen LogP contribution in [0.15, 0.2) is 18.2 Å². The molecule has 0 radical (unpaired) electrons. The van der Waals surface area contributed by atoms with Crippen LogP contribution in [0.5, 0.6) is 5.75 Å². The van der Waals surface area contributed by atoms with Crippen molar-refractivity contribution in [3.8, 4) is 5.75 Å². The van der Waals surface area contributed by atoms with Crippen molar-refractivity contribution in [1.29, 1.82) is 0 Å². The molecule has 1 aliphatic rings. The molecule has 1 amide bonds. The molecule has 0 aromatic heterocycles. The zero-order valence-corrected chi connectivity index (χ0v) is 13.8. The Balaban J connectivity index is 1.94. The molecule has 1 N–H and O–H groups in total. The lowest BCUT2D eigenvalue weighted by Crippen LogP contribution is -2.40. The summed E-state index contributed by atoms with van der Waals surface area (Å²) in [5, 5.41) is 9.81. The molecule has 2 rings (SSSR count). The zero-order valence-electron chi connectivity index (χ0n) is 13.0. The number of ether oxygens (including phenoxy) is 1. The van der Waals surface area contributed by atoms with Crippen molar-refractivity contribution in [3.63, 3.8) is 0 Å². The molecule has 1 heterocycles. The van der Waals surface area contributed by atoms with Crippen molar-refractivity contribution < 1.29 is 27.9 Å². The zero-order chi connectivity index (χ0) is 17.2. The fourth-order valence-electron chi connectivity index (χ4n) is 2.42. The van der Waals surface area contributed by atoms with Crippen molar-refractivity contribution in [2.24, 2.45) is 0 Å². The number of carbonyl (C=O) groups is 2. The number of benzene rings is 1. The molecule has 1 fully saturated rings. The number of phenolic OH excluding ortho intramolecular Hbond substituents is 1. The number of nitrogens with zero attached hydrogens (tertiary/aromatic N) is 1. The Labute approximate surface area is 134 Å². The van der Waals surface area contributed by atoms with Crippen molar-refractivity contribution in [3.05, 3.63) is 29.3 Å². The Morgan fingerprint density at radius 1 is 1.39 bits per heavy atom. The maximum atomic E-state index is 12.0. The fraction of sp³-hybridized carbons (Fsp3) is 0.467. The summed E-state index contributed by atoms with van der Waals surface area (Å²) in [7, 11) is -1.60. The van der Waals surface area contributed by atoms with E-state index in [0.717, 1.165) is 0 Å². The number of aromatic hydroxyl groups is 1. The molecule has 126 valence electrons. The van der Waals surface area contributed by atoms with Crippen molar-refractivity contribution in [2.45, 2.75) is 19.4 Å². The van der Waals surface area contributed by atoms with Gasteiger partial charge in [-0.1, -0.05) is 12.1 Å². The minimum absolute atomic E-state index is 0.0103. The largest absolute Gasteiger partial charge is 0.507 e. The summed E-state index contributed by atoms with van der Waals surface area (Å²) in [5.41, 5.74) is 0.517. The second-order valence-corrected chi connectivity index (χ2v) is 7.84. The second kappa shape index (κ2) is 6.57. The number of phenols is 1. The van der Waals surface area contributed by atoms with Gasteiger partial charge in [-0.3, -0.25) is 4.79 Å². The minimum atomic E-state index is -3.09. The second-order valence-electron chi connectivity index (χ2n) is 5.61. The van der Waals surface area contributed by atoms with Gasteiger partial charge in [-0.25, -0.2) is 13.2 Å². The number of hydrogen-bond donors (Lipinski definition) is 1. The topological polar surface area (TPSA) is 101 Å². The van der Waals surface area contributed by atoms with Crippen LogP contribution in [0.4, 0.5) is 0 Å². The van der Waals surface area contributed by atoms with Gasteiger partial charge in [0.15, 0.2) is 16.4 Å². The molecular formula is C15H19NO6S. The predicted octanol–water partition coefficient (Wildman–Crippen LogP) is 0.503. The molecule has 8 heteroatoms. The Morgan fingerprint density at radius 2 is 2.09 bits per heavy atom. The Morgan fingerprint density at radius 3 is 2.70 bits per heavy atom. The van der Waals surface area contributed by atoms with E-state index >= 15 is 0 Å². The SMILES string of the molecule is Cc1cccc(C(=O)OCC(=O)N(C)[C@H]2CCS(=O)(=O)C2)c1O. The third kappa shape index (κ3) is 4.01. The first-order chi connectivity index (χ1) is 10.7. The van der Waals surface area contributed by atoms with Gasteiger partial charge in [-0.15, -0.1) is 0 Å². The summed E-state index contributed by atoms with van der Waals surface area (Å²) >= 11 is 0. The lowest BCUT2D eigenvalue weighted by Gasteiger charge is -2.23. The molecule has 7 nitrogen and oxygen atoms in total. The normalized spacial score (nSPS) is 19.3. The summed E-state index contributed by atoms with van der Waals surface area (Å²) in [4.78, 5) is 25.2. The lowest BCUT2D eigenvalue weighted by molar-refractivity contribution is -0.134. The highest BCUT2D eigenvalue weighted by molar-refractivity contribution is 7.91. The molecule has 1 aromatic carbocycles. The first-order valence-corrected chi connectivity index (χ1v) is 8.95. The van der Waals surface area contributed by atoms with Crippen LogP contribution < -0.4 is 0 Å². The molecule has 1 saturated heterocycles. The van der Waals surface area contributed by atoms with Crippen LogP contribution in [0.25, 0.3) is 0 Å². The average Bonchev–Trinajstić information content (AvgIpc) is 2.86. The van der Waals surface area contributed by atoms with Gasteiger partial charge in [-0.05, 0) is 25.0 Å². The molecule has 0 unspecified atom stereocenters. The number of amides is 1. The molecule has 0 saturated carbocycles. The quantitative estimate of drug-likeness (QED) is 0.801. The summed E-state index contributed by atoms with van der Waals surface area (Å²) < 4.78 is 27.8. The van der Waals surface area contributed by atoms with Crippen LogP contribution in [0.1, 0.15) is 22.3 Å². The lowest BCUT2D eigenvalue weighted by atomic mass is 10.1. The summed E-state index contributed by atoms with van der Waals surface area (Å²) in [6.07, 6.45) is 0.386. The highest BCUT2D eigenvalue weighted by atomic mass is 32.2. The molecule has 0 spiro atoms. The van der Waals surface area contributed by atoms with E-state index in [1.165, 1.54) is 18.0 Å². The van der Waals surface area contributed by atoms with Crippen molar-refractivity contribution >= 4 is 21.7 Å². The van der Waals surface area contributed by atoms with E-state index in [-0.39, 0.29) is 22.8 Å². The standard InChI is InChI=1S/C15H19NO6S/c1-10-4-3-5-12(14(10)18)15(19)22-8-13(17)16(2)11-6-7-23(20,21)9-11/h3-5,11,18H,6-9H2,1-2H3/t11-/m0/s1. The number of esters is 1. The average molecular weight is 341 g/mol. The van der Waals surface area contributed by atoms with Crippen LogP contribution in [0, 0.1) is 6.92 Å². The molecular weight excluding hydrogens is 322 g/mol. The maximum Gasteiger partial charge on any atom is 0.342 e. The van der Waals surface area contributed by atoms with E-state index in [1.807, 2.05) is 0 Å². The van der Waals surface area contributed by atoms with E-state index < -0.39 is 34.4 Å². The van der Waals surface area contributed by atoms with Crippen LogP contribution in [-0.2, 0) is 19.4 Å². The van der Waals surface area contributed by atoms with E-state index in [2.05, 4.69) is 0 Å². The van der Waals surface area contributed by atoms with Crippen LogP contribution >= 0.6 is 0 Å². The number of carbonyl (C=O) groups excluding carboxylic acids is 2. The monoisotopic (exact) mass is 341 g/mol. The van der Waals surface area contributed by atoms with E-state index in [1.54, 1.807) is 19.1 Å². The first kappa shape index (κ1) is 17.3. The van der Waals surface area contributed by atoms with E-state index in [9.17, 15) is 23.1 Å². The Bertz CT molecular complexity index is 727. The predicted molar refractivity (Wildman–Crippen MR) is 83.0 cm³/mol. The van der Waals surface area contributed by atoms with E-state index in [4.69, 9.17) is 4.74 Å². The summed E-state index contributed by atoms with van der Waals surface area (Å²) in [6, 6.07) is 4.26. The first-order valence-electron chi connectivity index (χ1n) is 7.13. The molecule has 0 aliphatic carbocycles. The summed E-state index contributed by atoms with van der Waals surface area (Å²) in [6.45, 7) is 1.14. The van der Waals surface area contributed by atoms with Gasteiger partial charge in [-0.2, -0.15) is 0 Å². The third-order valence-electron chi connectivity index (χ3n) is 3.93. The highest BCUT2D eigenvalue weighted by Gasteiger charge is 2.33. The smallest absolute Gasteiger partial charge is 0.342 e. The van der Waals surface area contributed by atoms with Crippen LogP contribution in [0.3, 0.4) is 0 Å². The van der Waals surface area contributed by atoms with Gasteiger partial charge in [0.05, 0.1) is 11.5 Å². The Kier molecular flexibility index (Phi) is 4.93. The molecule has 0 bridgehead atoms. The van der Waals surface area contributed by atoms with Gasteiger partial charge >= 0.3 is 5.97 Å². The van der Waals surface area contributed by atoms with Gasteiger partial charge in [0, 0.05) is 13.1 Å². The van der Waals surface area contributed by atoms with Crippen LogP contribution in [0.2, 0.25) is 0 Å². The minimum Gasteiger partial charge on any atom is -0.507 e. The van der Waals surface area contributed by atoms with Gasteiger partial charge < -0.3 is 14.7 Å². The number of sulfone groups is 1. The third-order valence-corrected chi connectivity index (χ3v) is 5.68. The van der Waals surface area contributed by atoms with Crippen LogP contribution in [-0.4, -0.2) is 61.5 Å². The molecule has 1 aromatic rings.